The minimum atomic E-state index is -0.202. The van der Waals surface area contributed by atoms with E-state index in [-0.39, 0.29) is 5.91 Å². The first-order valence-corrected chi connectivity index (χ1v) is 9.65. The van der Waals surface area contributed by atoms with Crippen LogP contribution in [0, 0.1) is 0 Å². The molecule has 1 aromatic heterocycles. The third-order valence-electron chi connectivity index (χ3n) is 4.68. The van der Waals surface area contributed by atoms with E-state index in [9.17, 15) is 4.79 Å². The second-order valence-corrected chi connectivity index (χ2v) is 7.02. The zero-order valence-electron chi connectivity index (χ0n) is 16.5. The van der Waals surface area contributed by atoms with Crippen molar-refractivity contribution in [1.82, 2.24) is 14.9 Å². The molecule has 28 heavy (non-hydrogen) atoms. The standard InChI is InChI=1S/C23H27N3O2/c1-4-23(27)24-16-22-25-20-8-5-6-9-21(20)26(22)14-7-15-28-19-12-10-18(11-13-19)17(2)3/h4-6,8-13,17H,1,7,14-16H2,2-3H3,(H,24,27). The molecule has 0 aliphatic rings. The van der Waals surface area contributed by atoms with E-state index in [4.69, 9.17) is 4.74 Å². The van der Waals surface area contributed by atoms with Crippen LogP contribution in [0.1, 0.15) is 37.6 Å². The van der Waals surface area contributed by atoms with Gasteiger partial charge in [-0.3, -0.25) is 4.79 Å². The number of hydrogen-bond donors (Lipinski definition) is 1. The van der Waals surface area contributed by atoms with Crippen LogP contribution < -0.4 is 10.1 Å². The Bertz CT molecular complexity index is 942. The van der Waals surface area contributed by atoms with Gasteiger partial charge in [-0.25, -0.2) is 4.98 Å². The molecule has 0 aliphatic carbocycles. The Morgan fingerprint density at radius 3 is 2.68 bits per heavy atom. The Labute approximate surface area is 166 Å². The van der Waals surface area contributed by atoms with Gasteiger partial charge in [0.1, 0.15) is 11.6 Å². The van der Waals surface area contributed by atoms with Crippen LogP contribution >= 0.6 is 0 Å². The Morgan fingerprint density at radius 1 is 1.21 bits per heavy atom. The zero-order valence-corrected chi connectivity index (χ0v) is 16.5. The summed E-state index contributed by atoms with van der Waals surface area (Å²) < 4.78 is 8.03. The lowest BCUT2D eigenvalue weighted by molar-refractivity contribution is -0.116. The molecule has 0 saturated heterocycles. The molecule has 1 heterocycles. The van der Waals surface area contributed by atoms with Crippen LogP contribution in [-0.4, -0.2) is 22.1 Å². The van der Waals surface area contributed by atoms with Crippen molar-refractivity contribution in [3.05, 3.63) is 72.6 Å². The maximum Gasteiger partial charge on any atom is 0.243 e. The maximum atomic E-state index is 11.5. The highest BCUT2D eigenvalue weighted by Crippen LogP contribution is 2.19. The highest BCUT2D eigenvalue weighted by molar-refractivity contribution is 5.86. The molecule has 0 bridgehead atoms. The third kappa shape index (κ3) is 4.80. The first-order chi connectivity index (χ1) is 13.6. The SMILES string of the molecule is C=CC(=O)NCc1nc2ccccc2n1CCCOc1ccc(C(C)C)cc1. The van der Waals surface area contributed by atoms with E-state index in [1.807, 2.05) is 36.4 Å². The number of imidazole rings is 1. The molecular formula is C23H27N3O2. The van der Waals surface area contributed by atoms with Gasteiger partial charge in [0.05, 0.1) is 24.2 Å². The van der Waals surface area contributed by atoms with Gasteiger partial charge in [0.15, 0.2) is 0 Å². The highest BCUT2D eigenvalue weighted by atomic mass is 16.5. The van der Waals surface area contributed by atoms with Crippen molar-refractivity contribution >= 4 is 16.9 Å². The molecular weight excluding hydrogens is 350 g/mol. The van der Waals surface area contributed by atoms with Gasteiger partial charge in [0.2, 0.25) is 5.91 Å². The molecule has 5 nitrogen and oxygen atoms in total. The second-order valence-electron chi connectivity index (χ2n) is 7.02. The summed E-state index contributed by atoms with van der Waals surface area (Å²) in [5.41, 5.74) is 3.30. The lowest BCUT2D eigenvalue weighted by atomic mass is 10.0. The van der Waals surface area contributed by atoms with Gasteiger partial charge in [-0.15, -0.1) is 0 Å². The summed E-state index contributed by atoms with van der Waals surface area (Å²) >= 11 is 0. The normalized spacial score (nSPS) is 11.0. The lowest BCUT2D eigenvalue weighted by Gasteiger charge is -2.11. The molecule has 0 radical (unpaired) electrons. The Hall–Kier alpha value is -3.08. The molecule has 0 unspecified atom stereocenters. The van der Waals surface area contributed by atoms with Crippen LogP contribution in [0.2, 0.25) is 0 Å². The van der Waals surface area contributed by atoms with Crippen molar-refractivity contribution in [3.63, 3.8) is 0 Å². The van der Waals surface area contributed by atoms with Crippen molar-refractivity contribution in [2.24, 2.45) is 0 Å². The molecule has 1 amide bonds. The van der Waals surface area contributed by atoms with Gasteiger partial charge < -0.3 is 14.6 Å². The number of nitrogens with zero attached hydrogens (tertiary/aromatic N) is 2. The van der Waals surface area contributed by atoms with Crippen LogP contribution in [0.3, 0.4) is 0 Å². The Kier molecular flexibility index (Phi) is 6.48. The molecule has 3 aromatic rings. The molecule has 0 saturated carbocycles. The van der Waals surface area contributed by atoms with Gasteiger partial charge in [-0.2, -0.15) is 0 Å². The fourth-order valence-corrected chi connectivity index (χ4v) is 3.11. The smallest absolute Gasteiger partial charge is 0.243 e. The molecule has 0 atom stereocenters. The summed E-state index contributed by atoms with van der Waals surface area (Å²) in [4.78, 5) is 16.2. The summed E-state index contributed by atoms with van der Waals surface area (Å²) in [6, 6.07) is 16.3. The van der Waals surface area contributed by atoms with Crippen molar-refractivity contribution in [3.8, 4) is 5.75 Å². The van der Waals surface area contributed by atoms with E-state index in [0.717, 1.165) is 35.6 Å². The molecule has 0 fully saturated rings. The van der Waals surface area contributed by atoms with Crippen molar-refractivity contribution in [2.45, 2.75) is 39.3 Å². The first kappa shape index (κ1) is 19.7. The third-order valence-corrected chi connectivity index (χ3v) is 4.68. The molecule has 5 heteroatoms. The monoisotopic (exact) mass is 377 g/mol. The summed E-state index contributed by atoms with van der Waals surface area (Å²) in [6.07, 6.45) is 2.11. The Morgan fingerprint density at radius 2 is 1.96 bits per heavy atom. The van der Waals surface area contributed by atoms with E-state index in [1.165, 1.54) is 11.6 Å². The lowest BCUT2D eigenvalue weighted by Crippen LogP contribution is -2.22. The van der Waals surface area contributed by atoms with Crippen LogP contribution in [0.25, 0.3) is 11.0 Å². The van der Waals surface area contributed by atoms with Crippen LogP contribution in [0.5, 0.6) is 5.75 Å². The number of aromatic nitrogens is 2. The minimum absolute atomic E-state index is 0.202. The van der Waals surface area contributed by atoms with Crippen molar-refractivity contribution in [1.29, 1.82) is 0 Å². The molecule has 2 aromatic carbocycles. The Balaban J connectivity index is 1.62. The first-order valence-electron chi connectivity index (χ1n) is 9.65. The predicted octanol–water partition coefficient (Wildman–Crippen LogP) is 4.43. The summed E-state index contributed by atoms with van der Waals surface area (Å²) in [5.74, 6) is 2.03. The topological polar surface area (TPSA) is 56.2 Å². The van der Waals surface area contributed by atoms with Gasteiger partial charge in [-0.05, 0) is 48.2 Å². The number of nitrogens with one attached hydrogen (secondary N) is 1. The number of carbonyl (C=O) groups is 1. The number of hydrogen-bond acceptors (Lipinski definition) is 3. The van der Waals surface area contributed by atoms with Crippen LogP contribution in [0.4, 0.5) is 0 Å². The average molecular weight is 377 g/mol. The number of aryl methyl sites for hydroxylation is 1. The molecule has 146 valence electrons. The van der Waals surface area contributed by atoms with Gasteiger partial charge in [0.25, 0.3) is 0 Å². The van der Waals surface area contributed by atoms with E-state index in [1.54, 1.807) is 0 Å². The average Bonchev–Trinajstić information content (AvgIpc) is 3.07. The van der Waals surface area contributed by atoms with E-state index >= 15 is 0 Å². The number of fused-ring (bicyclic) bond motifs is 1. The molecule has 0 aliphatic heterocycles. The van der Waals surface area contributed by atoms with Crippen LogP contribution in [0.15, 0.2) is 61.2 Å². The number of para-hydroxylation sites is 2. The maximum absolute atomic E-state index is 11.5. The predicted molar refractivity (Wildman–Crippen MR) is 112 cm³/mol. The number of amides is 1. The number of benzene rings is 2. The number of carbonyl (C=O) groups excluding carboxylic acids is 1. The fraction of sp³-hybridized carbons (Fsp3) is 0.304. The molecule has 3 rings (SSSR count). The van der Waals surface area contributed by atoms with Crippen molar-refractivity contribution in [2.75, 3.05) is 6.61 Å². The largest absolute Gasteiger partial charge is 0.494 e. The number of rotatable bonds is 9. The van der Waals surface area contributed by atoms with E-state index in [0.29, 0.717) is 19.1 Å². The van der Waals surface area contributed by atoms with Crippen molar-refractivity contribution < 1.29 is 9.53 Å². The van der Waals surface area contributed by atoms with Crippen LogP contribution in [-0.2, 0) is 17.9 Å². The fourth-order valence-electron chi connectivity index (χ4n) is 3.11. The number of ether oxygens (including phenoxy) is 1. The summed E-state index contributed by atoms with van der Waals surface area (Å²) in [6.45, 7) is 9.61. The highest BCUT2D eigenvalue weighted by Gasteiger charge is 2.11. The van der Waals surface area contributed by atoms with Gasteiger partial charge in [-0.1, -0.05) is 44.7 Å². The van der Waals surface area contributed by atoms with Gasteiger partial charge in [0, 0.05) is 6.54 Å². The summed E-state index contributed by atoms with van der Waals surface area (Å²) in [5, 5.41) is 2.81. The van der Waals surface area contributed by atoms with E-state index < -0.39 is 0 Å². The molecule has 1 N–H and O–H groups in total. The molecule has 0 spiro atoms. The van der Waals surface area contributed by atoms with Gasteiger partial charge >= 0.3 is 0 Å². The minimum Gasteiger partial charge on any atom is -0.494 e. The summed E-state index contributed by atoms with van der Waals surface area (Å²) in [7, 11) is 0. The zero-order chi connectivity index (χ0) is 19.9. The van der Waals surface area contributed by atoms with E-state index in [2.05, 4.69) is 47.4 Å². The second kappa shape index (κ2) is 9.22. The quantitative estimate of drug-likeness (QED) is 0.443.